The van der Waals surface area contributed by atoms with Gasteiger partial charge in [0, 0.05) is 27.5 Å². The highest BCUT2D eigenvalue weighted by atomic mass is 32.5. The highest BCUT2D eigenvalue weighted by Crippen LogP contribution is 2.60. The number of hydrogen-bond acceptors (Lipinski definition) is 5. The van der Waals surface area contributed by atoms with E-state index in [1.807, 2.05) is 0 Å². The Morgan fingerprint density at radius 3 is 1.36 bits per heavy atom. The molecule has 7 heteroatoms. The molecule has 0 aromatic heterocycles. The van der Waals surface area contributed by atoms with Crippen LogP contribution in [-0.2, 0) is 37.0 Å². The molecule has 0 saturated carbocycles. The van der Waals surface area contributed by atoms with Gasteiger partial charge in [-0.05, 0) is 23.6 Å². The molecule has 0 aliphatic heterocycles. The Hall–Kier alpha value is 1.18. The van der Waals surface area contributed by atoms with Crippen molar-refractivity contribution in [3.8, 4) is 0 Å². The predicted octanol–water partition coefficient (Wildman–Crippen LogP) is 2.17. The zero-order valence-corrected chi connectivity index (χ0v) is 10.4. The molecule has 0 aromatic carbocycles. The molecule has 11 heavy (non-hydrogen) atoms. The van der Waals surface area contributed by atoms with Crippen LogP contribution in [0.1, 0.15) is 0 Å². The molecule has 68 valence electrons. The van der Waals surface area contributed by atoms with Crippen molar-refractivity contribution in [2.24, 2.45) is 0 Å². The molecule has 0 N–H and O–H groups in total. The standard InChI is InChI=1S/C4H12O3P2S2/c1-5-8(3,10)7-9(4,11)6-2/h1-4H3. The van der Waals surface area contributed by atoms with Crippen molar-refractivity contribution in [3.63, 3.8) is 0 Å². The van der Waals surface area contributed by atoms with Crippen LogP contribution in [0.5, 0.6) is 0 Å². The van der Waals surface area contributed by atoms with E-state index in [9.17, 15) is 0 Å². The molecule has 0 heterocycles. The van der Waals surface area contributed by atoms with Gasteiger partial charge in [-0.2, -0.15) is 0 Å². The fourth-order valence-electron chi connectivity index (χ4n) is 0.336. The van der Waals surface area contributed by atoms with Crippen LogP contribution in [0.15, 0.2) is 0 Å². The van der Waals surface area contributed by atoms with Gasteiger partial charge in [-0.15, -0.1) is 0 Å². The van der Waals surface area contributed by atoms with E-state index in [4.69, 9.17) is 37.0 Å². The van der Waals surface area contributed by atoms with E-state index in [0.29, 0.717) is 0 Å². The van der Waals surface area contributed by atoms with Crippen LogP contribution in [0.25, 0.3) is 0 Å². The van der Waals surface area contributed by atoms with Gasteiger partial charge in [0.25, 0.3) is 0 Å². The van der Waals surface area contributed by atoms with E-state index in [2.05, 4.69) is 0 Å². The summed E-state index contributed by atoms with van der Waals surface area (Å²) < 4.78 is 15.3. The van der Waals surface area contributed by atoms with Crippen LogP contribution in [0.2, 0.25) is 0 Å². The van der Waals surface area contributed by atoms with Crippen molar-refractivity contribution in [1.29, 1.82) is 0 Å². The smallest absolute Gasteiger partial charge is 0.191 e. The molecular formula is C4H12O3P2S2. The normalized spacial score (nSPS) is 22.2. The van der Waals surface area contributed by atoms with Crippen molar-refractivity contribution < 1.29 is 13.4 Å². The zero-order chi connectivity index (χ0) is 9.12. The molecule has 0 amide bonds. The van der Waals surface area contributed by atoms with E-state index in [-0.39, 0.29) is 0 Å². The average Bonchev–Trinajstić information content (AvgIpc) is 1.86. The van der Waals surface area contributed by atoms with Gasteiger partial charge in [-0.25, -0.2) is 0 Å². The Morgan fingerprint density at radius 2 is 1.18 bits per heavy atom. The van der Waals surface area contributed by atoms with E-state index >= 15 is 0 Å². The summed E-state index contributed by atoms with van der Waals surface area (Å²) in [7, 11) is 3.04. The fraction of sp³-hybridized carbons (Fsp3) is 1.00. The predicted molar refractivity (Wildman–Crippen MR) is 55.5 cm³/mol. The first-order valence-corrected chi connectivity index (χ1v) is 8.98. The lowest BCUT2D eigenvalue weighted by Crippen LogP contribution is -1.89. The molecule has 2 unspecified atom stereocenters. The lowest BCUT2D eigenvalue weighted by Gasteiger charge is -2.21. The van der Waals surface area contributed by atoms with Gasteiger partial charge in [-0.1, -0.05) is 0 Å². The third kappa shape index (κ3) is 5.42. The monoisotopic (exact) mass is 234 g/mol. The topological polar surface area (TPSA) is 27.7 Å². The summed E-state index contributed by atoms with van der Waals surface area (Å²) in [6.45, 7) is -0.860. The maximum Gasteiger partial charge on any atom is 0.191 e. The van der Waals surface area contributed by atoms with E-state index in [1.165, 1.54) is 14.2 Å². The second kappa shape index (κ2) is 4.43. The van der Waals surface area contributed by atoms with Gasteiger partial charge < -0.3 is 9.05 Å². The Kier molecular flexibility index (Phi) is 4.90. The summed E-state index contributed by atoms with van der Waals surface area (Å²) in [5.74, 6) is 0. The molecule has 0 aliphatic carbocycles. The van der Waals surface area contributed by atoms with Crippen LogP contribution >= 0.6 is 13.0 Å². The lowest BCUT2D eigenvalue weighted by molar-refractivity contribution is 0.364. The molecule has 3 nitrogen and oxygen atoms in total. The Balaban J connectivity index is 4.26. The average molecular weight is 234 g/mol. The second-order valence-corrected chi connectivity index (χ2v) is 10.4. The quantitative estimate of drug-likeness (QED) is 0.695. The molecule has 0 aromatic rings. The first-order chi connectivity index (χ1) is 4.83. The molecule has 0 fully saturated rings. The third-order valence-corrected chi connectivity index (χ3v) is 6.75. The minimum Gasteiger partial charge on any atom is -0.333 e. The highest BCUT2D eigenvalue weighted by molar-refractivity contribution is 8.16. The van der Waals surface area contributed by atoms with E-state index in [1.54, 1.807) is 13.3 Å². The summed E-state index contributed by atoms with van der Waals surface area (Å²) in [4.78, 5) is 0. The van der Waals surface area contributed by atoms with Gasteiger partial charge >= 0.3 is 0 Å². The van der Waals surface area contributed by atoms with Crippen molar-refractivity contribution in [2.45, 2.75) is 0 Å². The molecule has 0 spiro atoms. The Bertz CT molecular complexity index is 195. The van der Waals surface area contributed by atoms with Crippen molar-refractivity contribution in [1.82, 2.24) is 0 Å². The molecule has 0 bridgehead atoms. The minimum absolute atomic E-state index is 1.52. The van der Waals surface area contributed by atoms with E-state index < -0.39 is 13.0 Å². The molecule has 0 radical (unpaired) electrons. The number of rotatable bonds is 4. The second-order valence-electron chi connectivity index (χ2n) is 1.99. The maximum atomic E-state index is 5.33. The van der Waals surface area contributed by atoms with Gasteiger partial charge in [0.05, 0.1) is 0 Å². The lowest BCUT2D eigenvalue weighted by atomic mass is 11.8. The van der Waals surface area contributed by atoms with Crippen LogP contribution < -0.4 is 0 Å². The summed E-state index contributed by atoms with van der Waals surface area (Å²) in [5, 5.41) is 0. The van der Waals surface area contributed by atoms with Crippen molar-refractivity contribution in [2.75, 3.05) is 27.5 Å². The highest BCUT2D eigenvalue weighted by Gasteiger charge is 2.19. The van der Waals surface area contributed by atoms with Gasteiger partial charge in [0.15, 0.2) is 13.0 Å². The largest absolute Gasteiger partial charge is 0.333 e. The van der Waals surface area contributed by atoms with Gasteiger partial charge in [0.1, 0.15) is 0 Å². The van der Waals surface area contributed by atoms with Crippen molar-refractivity contribution >= 4 is 36.6 Å². The third-order valence-electron chi connectivity index (χ3n) is 0.960. The van der Waals surface area contributed by atoms with Crippen LogP contribution in [-0.4, -0.2) is 27.5 Å². The number of hydrogen-bond donors (Lipinski definition) is 0. The first-order valence-electron chi connectivity index (χ1n) is 2.81. The zero-order valence-electron chi connectivity index (χ0n) is 6.94. The van der Waals surface area contributed by atoms with Crippen molar-refractivity contribution in [3.05, 3.63) is 0 Å². The van der Waals surface area contributed by atoms with E-state index in [0.717, 1.165) is 0 Å². The maximum absolute atomic E-state index is 5.33. The summed E-state index contributed by atoms with van der Waals surface area (Å²) in [5.41, 5.74) is 0. The summed E-state index contributed by atoms with van der Waals surface area (Å²) in [6, 6.07) is 0. The van der Waals surface area contributed by atoms with Gasteiger partial charge in [0.2, 0.25) is 0 Å². The molecule has 0 aliphatic rings. The SMILES string of the molecule is COP(C)(=S)OP(C)(=S)OC. The summed E-state index contributed by atoms with van der Waals surface area (Å²) in [6.07, 6.45) is 0. The first kappa shape index (κ1) is 12.2. The Labute approximate surface area is 77.8 Å². The molecule has 0 saturated heterocycles. The molecular weight excluding hydrogens is 222 g/mol. The van der Waals surface area contributed by atoms with Crippen LogP contribution in [0, 0.1) is 0 Å². The van der Waals surface area contributed by atoms with Crippen LogP contribution in [0.4, 0.5) is 0 Å². The van der Waals surface area contributed by atoms with Crippen LogP contribution in [0.3, 0.4) is 0 Å². The van der Waals surface area contributed by atoms with Gasteiger partial charge in [-0.3, -0.25) is 4.31 Å². The fourth-order valence-corrected chi connectivity index (χ4v) is 5.69. The molecule has 0 rings (SSSR count). The molecule has 2 atom stereocenters. The summed E-state index contributed by atoms with van der Waals surface area (Å²) >= 11 is 10.0. The minimum atomic E-state index is -2.16. The Morgan fingerprint density at radius 1 is 0.909 bits per heavy atom.